The van der Waals surface area contributed by atoms with Crippen molar-refractivity contribution in [3.8, 4) is 5.69 Å². The van der Waals surface area contributed by atoms with Crippen LogP contribution in [0.25, 0.3) is 5.69 Å². The molecule has 5 nitrogen and oxygen atoms in total. The molecule has 2 amide bonds. The molecule has 0 bridgehead atoms. The zero-order valence-corrected chi connectivity index (χ0v) is 20.1. The van der Waals surface area contributed by atoms with Gasteiger partial charge in [0, 0.05) is 22.8 Å². The van der Waals surface area contributed by atoms with E-state index in [9.17, 15) is 14.0 Å². The van der Waals surface area contributed by atoms with Crippen molar-refractivity contribution in [1.29, 1.82) is 0 Å². The van der Waals surface area contributed by atoms with Gasteiger partial charge < -0.3 is 9.47 Å². The topological polar surface area (TPSA) is 45.6 Å². The van der Waals surface area contributed by atoms with Crippen LogP contribution in [0.1, 0.15) is 40.5 Å². The molecule has 2 aliphatic rings. The Kier molecular flexibility index (Phi) is 5.61. The Balaban J connectivity index is 1.41. The number of anilines is 1. The Bertz CT molecular complexity index is 1460. The van der Waals surface area contributed by atoms with E-state index in [1.165, 1.54) is 12.1 Å². The lowest BCUT2D eigenvalue weighted by molar-refractivity contribution is -0.119. The summed E-state index contributed by atoms with van der Waals surface area (Å²) >= 11 is 6.13. The zero-order valence-electron chi connectivity index (χ0n) is 19.4. The summed E-state index contributed by atoms with van der Waals surface area (Å²) in [4.78, 5) is 31.0. The highest BCUT2D eigenvalue weighted by atomic mass is 35.5. The summed E-state index contributed by atoms with van der Waals surface area (Å²) in [5.41, 5.74) is 3.77. The number of halogens is 2. The minimum atomic E-state index is -0.467. The zero-order chi connectivity index (χ0) is 24.8. The second-order valence-corrected chi connectivity index (χ2v) is 9.62. The normalized spacial score (nSPS) is 16.3. The quantitative estimate of drug-likeness (QED) is 0.337. The maximum atomic E-state index is 14.1. The molecule has 0 saturated heterocycles. The van der Waals surface area contributed by atoms with E-state index in [0.29, 0.717) is 10.6 Å². The summed E-state index contributed by atoms with van der Waals surface area (Å²) in [6, 6.07) is 24.2. The number of hydrogen-bond acceptors (Lipinski definition) is 2. The maximum absolute atomic E-state index is 14.1. The molecule has 3 aromatic carbocycles. The van der Waals surface area contributed by atoms with E-state index >= 15 is 0 Å². The van der Waals surface area contributed by atoms with Gasteiger partial charge in [-0.1, -0.05) is 41.9 Å². The highest BCUT2D eigenvalue weighted by molar-refractivity contribution is 6.31. The van der Waals surface area contributed by atoms with Gasteiger partial charge in [0.1, 0.15) is 18.4 Å². The van der Waals surface area contributed by atoms with Gasteiger partial charge in [0.05, 0.1) is 17.1 Å². The van der Waals surface area contributed by atoms with E-state index in [-0.39, 0.29) is 30.2 Å². The molecule has 2 heterocycles. The van der Waals surface area contributed by atoms with Crippen LogP contribution in [0, 0.1) is 5.82 Å². The molecule has 1 fully saturated rings. The van der Waals surface area contributed by atoms with Crippen LogP contribution in [0.4, 0.5) is 10.1 Å². The van der Waals surface area contributed by atoms with Crippen molar-refractivity contribution in [2.24, 2.45) is 0 Å². The number of amides is 2. The van der Waals surface area contributed by atoms with Crippen LogP contribution in [0.3, 0.4) is 0 Å². The number of benzene rings is 3. The molecule has 0 radical (unpaired) electrons. The Morgan fingerprint density at radius 3 is 2.39 bits per heavy atom. The lowest BCUT2D eigenvalue weighted by atomic mass is 9.97. The molecule has 0 spiro atoms. The Hall–Kier alpha value is -3.90. The smallest absolute Gasteiger partial charge is 0.254 e. The third kappa shape index (κ3) is 3.97. The van der Waals surface area contributed by atoms with Crippen LogP contribution in [0.15, 0.2) is 91.1 Å². The summed E-state index contributed by atoms with van der Waals surface area (Å²) in [5.74, 6) is -0.748. The van der Waals surface area contributed by atoms with Crippen LogP contribution < -0.4 is 4.90 Å². The maximum Gasteiger partial charge on any atom is 0.254 e. The van der Waals surface area contributed by atoms with Crippen molar-refractivity contribution < 1.29 is 14.0 Å². The standard InChI is InChI=1S/C29H23ClFN3O2/c30-21-6-3-5-20(17-21)29(36)33(23-14-15-23)18-27(35)34-25-8-2-1-7-24(25)32-16-4-9-26(32)28(34)19-10-12-22(31)13-11-19/h1-13,16-17,23,28H,14-15,18H2. The molecular formula is C29H23ClFN3O2. The van der Waals surface area contributed by atoms with Crippen molar-refractivity contribution in [1.82, 2.24) is 9.47 Å². The van der Waals surface area contributed by atoms with Crippen molar-refractivity contribution in [3.05, 3.63) is 119 Å². The first kappa shape index (κ1) is 22.6. The monoisotopic (exact) mass is 499 g/mol. The van der Waals surface area contributed by atoms with Crippen molar-refractivity contribution >= 4 is 29.1 Å². The fraction of sp³-hybridized carbons (Fsp3) is 0.172. The van der Waals surface area contributed by atoms with Crippen molar-refractivity contribution in [2.75, 3.05) is 11.4 Å². The average Bonchev–Trinajstić information content (AvgIpc) is 3.61. The van der Waals surface area contributed by atoms with Gasteiger partial charge >= 0.3 is 0 Å². The van der Waals surface area contributed by atoms with Crippen LogP contribution in [0.5, 0.6) is 0 Å². The van der Waals surface area contributed by atoms with Gasteiger partial charge in [0.15, 0.2) is 0 Å². The van der Waals surface area contributed by atoms with E-state index < -0.39 is 6.04 Å². The molecule has 6 rings (SSSR count). The van der Waals surface area contributed by atoms with Crippen LogP contribution in [-0.4, -0.2) is 33.9 Å². The summed E-state index contributed by atoms with van der Waals surface area (Å²) < 4.78 is 15.8. The Morgan fingerprint density at radius 2 is 1.67 bits per heavy atom. The van der Waals surface area contributed by atoms with E-state index in [1.807, 2.05) is 42.6 Å². The van der Waals surface area contributed by atoms with Crippen molar-refractivity contribution in [2.45, 2.75) is 24.9 Å². The molecule has 36 heavy (non-hydrogen) atoms. The molecule has 1 aliphatic heterocycles. The van der Waals surface area contributed by atoms with Gasteiger partial charge in [-0.2, -0.15) is 0 Å². The molecule has 1 atom stereocenters. The van der Waals surface area contributed by atoms with E-state index in [2.05, 4.69) is 4.57 Å². The summed E-state index contributed by atoms with van der Waals surface area (Å²) in [6.45, 7) is -0.0667. The second-order valence-electron chi connectivity index (χ2n) is 9.18. The second kappa shape index (κ2) is 8.95. The largest absolute Gasteiger partial charge is 0.326 e. The number of para-hydroxylation sites is 2. The summed E-state index contributed by atoms with van der Waals surface area (Å²) in [6.07, 6.45) is 3.69. The predicted molar refractivity (Wildman–Crippen MR) is 137 cm³/mol. The Morgan fingerprint density at radius 1 is 0.917 bits per heavy atom. The number of nitrogens with zero attached hydrogens (tertiary/aromatic N) is 3. The van der Waals surface area contributed by atoms with Gasteiger partial charge in [-0.25, -0.2) is 4.39 Å². The lowest BCUT2D eigenvalue weighted by Gasteiger charge is -2.39. The number of rotatable bonds is 5. The minimum absolute atomic E-state index is 0.0219. The Labute approximate surface area is 213 Å². The number of hydrogen-bond donors (Lipinski definition) is 0. The molecule has 0 N–H and O–H groups in total. The first-order chi connectivity index (χ1) is 17.5. The first-order valence-corrected chi connectivity index (χ1v) is 12.3. The van der Waals surface area contributed by atoms with Gasteiger partial charge in [0.25, 0.3) is 5.91 Å². The number of carbonyl (C=O) groups is 2. The molecule has 1 saturated carbocycles. The molecule has 180 valence electrons. The first-order valence-electron chi connectivity index (χ1n) is 11.9. The molecule has 1 aliphatic carbocycles. The fourth-order valence-electron chi connectivity index (χ4n) is 4.98. The number of aromatic nitrogens is 1. The minimum Gasteiger partial charge on any atom is -0.326 e. The highest BCUT2D eigenvalue weighted by Crippen LogP contribution is 2.42. The molecule has 4 aromatic rings. The van der Waals surface area contributed by atoms with E-state index in [4.69, 9.17) is 11.6 Å². The number of fused-ring (bicyclic) bond motifs is 3. The van der Waals surface area contributed by atoms with E-state index in [1.54, 1.807) is 46.2 Å². The predicted octanol–water partition coefficient (Wildman–Crippen LogP) is 6.01. The number of carbonyl (C=O) groups excluding carboxylic acids is 2. The molecule has 1 aromatic heterocycles. The molecular weight excluding hydrogens is 477 g/mol. The van der Waals surface area contributed by atoms with E-state index in [0.717, 1.165) is 35.5 Å². The molecule has 7 heteroatoms. The third-order valence-electron chi connectivity index (χ3n) is 6.80. The van der Waals surface area contributed by atoms with Crippen LogP contribution >= 0.6 is 11.6 Å². The highest BCUT2D eigenvalue weighted by Gasteiger charge is 2.40. The lowest BCUT2D eigenvalue weighted by Crippen LogP contribution is -2.47. The SMILES string of the molecule is O=C(c1cccc(Cl)c1)N(CC(=O)N1c2ccccc2-n2cccc2C1c1ccc(F)cc1)C1CC1. The van der Waals surface area contributed by atoms with Gasteiger partial charge in [-0.15, -0.1) is 0 Å². The summed E-state index contributed by atoms with van der Waals surface area (Å²) in [5, 5.41) is 0.477. The summed E-state index contributed by atoms with van der Waals surface area (Å²) in [7, 11) is 0. The fourth-order valence-corrected chi connectivity index (χ4v) is 5.17. The third-order valence-corrected chi connectivity index (χ3v) is 7.03. The van der Waals surface area contributed by atoms with Gasteiger partial charge in [-0.05, 0) is 73.0 Å². The van der Waals surface area contributed by atoms with Crippen LogP contribution in [-0.2, 0) is 4.79 Å². The van der Waals surface area contributed by atoms with Gasteiger partial charge in [0.2, 0.25) is 5.91 Å². The van der Waals surface area contributed by atoms with Gasteiger partial charge in [-0.3, -0.25) is 14.5 Å². The average molecular weight is 500 g/mol. The molecule has 1 unspecified atom stereocenters. The van der Waals surface area contributed by atoms with Crippen molar-refractivity contribution in [3.63, 3.8) is 0 Å². The van der Waals surface area contributed by atoms with Crippen LogP contribution in [0.2, 0.25) is 5.02 Å².